The molecule has 0 spiro atoms. The molecule has 37 heavy (non-hydrogen) atoms. The van der Waals surface area contributed by atoms with E-state index in [9.17, 15) is 15.3 Å². The highest BCUT2D eigenvalue weighted by molar-refractivity contribution is 7.19. The molecule has 6 heteroatoms. The van der Waals surface area contributed by atoms with Crippen LogP contribution in [0.25, 0.3) is 10.2 Å². The van der Waals surface area contributed by atoms with E-state index in [1.807, 2.05) is 12.1 Å². The van der Waals surface area contributed by atoms with Gasteiger partial charge >= 0.3 is 0 Å². The Morgan fingerprint density at radius 1 is 1.08 bits per heavy atom. The summed E-state index contributed by atoms with van der Waals surface area (Å²) >= 11 is 1.74. The lowest BCUT2D eigenvalue weighted by Gasteiger charge is -2.63. The maximum Gasteiger partial charge on any atom is 0.138 e. The molecule has 1 aromatic heterocycles. The largest absolute Gasteiger partial charge is 0.495 e. The number of nitrogens with zero attached hydrogens (tertiary/aromatic N) is 1. The van der Waals surface area contributed by atoms with Crippen LogP contribution in [0.2, 0.25) is 0 Å². The Labute approximate surface area is 225 Å². The van der Waals surface area contributed by atoms with Crippen molar-refractivity contribution in [1.82, 2.24) is 4.98 Å². The highest BCUT2D eigenvalue weighted by atomic mass is 32.1. The molecule has 0 saturated heterocycles. The Morgan fingerprint density at radius 2 is 1.89 bits per heavy atom. The number of aliphatic hydroxyl groups excluding tert-OH is 3. The second kappa shape index (κ2) is 9.46. The molecule has 0 aliphatic heterocycles. The Hall–Kier alpha value is -1.21. The van der Waals surface area contributed by atoms with Crippen molar-refractivity contribution in [3.05, 3.63) is 23.2 Å². The van der Waals surface area contributed by atoms with Crippen molar-refractivity contribution in [3.8, 4) is 5.75 Å². The first-order chi connectivity index (χ1) is 17.7. The van der Waals surface area contributed by atoms with Gasteiger partial charge in [-0.15, -0.1) is 11.3 Å². The van der Waals surface area contributed by atoms with Crippen molar-refractivity contribution in [2.45, 2.75) is 96.9 Å². The fourth-order valence-corrected chi connectivity index (χ4v) is 11.0. The SMILES string of the molecule is COc1cccc2nc(CCC(C)[C@H]3CC[C@H]4[C@@H]5[C@H](O)C[C@@H]6C[C@H](O)CC[C@]6(C)[C@H]5C[C@H](O)[C@]34C)sc12. The fourth-order valence-electron chi connectivity index (χ4n) is 9.92. The molecule has 4 saturated carbocycles. The van der Waals surface area contributed by atoms with Gasteiger partial charge < -0.3 is 20.1 Å². The number of fused-ring (bicyclic) bond motifs is 6. The average molecular weight is 528 g/mol. The number of hydrogen-bond acceptors (Lipinski definition) is 6. The summed E-state index contributed by atoms with van der Waals surface area (Å²) in [6, 6.07) is 6.07. The van der Waals surface area contributed by atoms with Gasteiger partial charge in [0.1, 0.15) is 5.75 Å². The Kier molecular flexibility index (Phi) is 6.66. The number of aliphatic hydroxyl groups is 3. The van der Waals surface area contributed by atoms with Crippen LogP contribution in [-0.4, -0.2) is 45.7 Å². The van der Waals surface area contributed by atoms with Gasteiger partial charge in [-0.3, -0.25) is 0 Å². The van der Waals surface area contributed by atoms with Gasteiger partial charge in [0.15, 0.2) is 0 Å². The number of benzene rings is 1. The third kappa shape index (κ3) is 3.99. The molecule has 1 unspecified atom stereocenters. The number of ether oxygens (including phenoxy) is 1. The molecular formula is C31H45NO4S. The van der Waals surface area contributed by atoms with E-state index >= 15 is 0 Å². The molecule has 6 rings (SSSR count). The van der Waals surface area contributed by atoms with Gasteiger partial charge in [0, 0.05) is 0 Å². The lowest BCUT2D eigenvalue weighted by Crippen LogP contribution is -2.62. The highest BCUT2D eigenvalue weighted by Crippen LogP contribution is 2.68. The summed E-state index contributed by atoms with van der Waals surface area (Å²) in [6.45, 7) is 7.13. The Bertz CT molecular complexity index is 1140. The lowest BCUT2D eigenvalue weighted by molar-refractivity contribution is -0.207. The van der Waals surface area contributed by atoms with Crippen molar-refractivity contribution in [2.75, 3.05) is 7.11 Å². The zero-order chi connectivity index (χ0) is 26.1. The molecule has 1 heterocycles. The second-order valence-electron chi connectivity index (χ2n) is 13.5. The molecule has 11 atom stereocenters. The third-order valence-corrected chi connectivity index (χ3v) is 13.1. The number of methoxy groups -OCH3 is 1. The molecule has 5 nitrogen and oxygen atoms in total. The molecule has 0 radical (unpaired) electrons. The predicted molar refractivity (Wildman–Crippen MR) is 148 cm³/mol. The third-order valence-electron chi connectivity index (χ3n) is 12.0. The number of aromatic nitrogens is 1. The first-order valence-electron chi connectivity index (χ1n) is 14.6. The van der Waals surface area contributed by atoms with Gasteiger partial charge in [-0.25, -0.2) is 4.98 Å². The smallest absolute Gasteiger partial charge is 0.138 e. The van der Waals surface area contributed by atoms with Crippen LogP contribution in [0.1, 0.15) is 77.1 Å². The van der Waals surface area contributed by atoms with Crippen LogP contribution in [0.5, 0.6) is 5.75 Å². The van der Waals surface area contributed by atoms with Gasteiger partial charge in [0.05, 0.1) is 40.6 Å². The fraction of sp³-hybridized carbons (Fsp3) is 0.774. The zero-order valence-corrected chi connectivity index (χ0v) is 23.7. The minimum absolute atomic E-state index is 0.128. The molecule has 2 aromatic rings. The van der Waals surface area contributed by atoms with Gasteiger partial charge in [0.25, 0.3) is 0 Å². The molecule has 0 bridgehead atoms. The molecule has 204 valence electrons. The van der Waals surface area contributed by atoms with E-state index in [0.717, 1.165) is 78.8 Å². The summed E-state index contributed by atoms with van der Waals surface area (Å²) in [5.41, 5.74) is 1.00. The minimum atomic E-state index is -0.324. The maximum absolute atomic E-state index is 11.8. The van der Waals surface area contributed by atoms with Crippen LogP contribution in [-0.2, 0) is 6.42 Å². The van der Waals surface area contributed by atoms with Crippen molar-refractivity contribution >= 4 is 21.6 Å². The van der Waals surface area contributed by atoms with Crippen LogP contribution in [0.15, 0.2) is 18.2 Å². The van der Waals surface area contributed by atoms with Crippen molar-refractivity contribution in [2.24, 2.45) is 46.3 Å². The second-order valence-corrected chi connectivity index (χ2v) is 14.5. The number of aryl methyl sites for hydroxylation is 1. The molecule has 0 amide bonds. The van der Waals surface area contributed by atoms with E-state index in [1.165, 1.54) is 0 Å². The summed E-state index contributed by atoms with van der Waals surface area (Å²) in [4.78, 5) is 4.89. The average Bonchev–Trinajstić information content (AvgIpc) is 3.45. The number of thiazole rings is 1. The summed E-state index contributed by atoms with van der Waals surface area (Å²) < 4.78 is 6.67. The number of rotatable bonds is 5. The van der Waals surface area contributed by atoms with Crippen LogP contribution in [0.4, 0.5) is 0 Å². The van der Waals surface area contributed by atoms with E-state index < -0.39 is 0 Å². The van der Waals surface area contributed by atoms with Gasteiger partial charge in [0.2, 0.25) is 0 Å². The van der Waals surface area contributed by atoms with E-state index in [4.69, 9.17) is 9.72 Å². The zero-order valence-electron chi connectivity index (χ0n) is 22.9. The normalized spacial score (nSPS) is 44.2. The van der Waals surface area contributed by atoms with Gasteiger partial charge in [-0.05, 0) is 116 Å². The standard InChI is InChI=1S/C31H45NO4S/c1-17(8-11-27-32-23-6-5-7-25(36-4)29(23)37-27)20-9-10-21-28-22(16-26(35)31(20,21)3)30(2)13-12-19(33)14-18(30)15-24(28)34/h5-7,17-22,24,26,28,33-35H,8-16H2,1-4H3/t17?,18-,19+,20+,21-,22-,24+,26-,28-,30-,31+/m0/s1. The molecule has 1 aromatic carbocycles. The summed E-state index contributed by atoms with van der Waals surface area (Å²) in [6.07, 6.45) is 7.73. The first kappa shape index (κ1) is 26.0. The lowest BCUT2D eigenvalue weighted by atomic mass is 9.43. The quantitative estimate of drug-likeness (QED) is 0.455. The first-order valence-corrected chi connectivity index (χ1v) is 15.4. The molecule has 4 aliphatic rings. The number of hydrogen-bond donors (Lipinski definition) is 3. The molecular weight excluding hydrogens is 482 g/mol. The topological polar surface area (TPSA) is 82.8 Å². The Morgan fingerprint density at radius 3 is 2.68 bits per heavy atom. The van der Waals surface area contributed by atoms with E-state index in [0.29, 0.717) is 29.6 Å². The van der Waals surface area contributed by atoms with E-state index in [1.54, 1.807) is 18.4 Å². The minimum Gasteiger partial charge on any atom is -0.495 e. The summed E-state index contributed by atoms with van der Waals surface area (Å²) in [5.74, 6) is 3.22. The molecule has 3 N–H and O–H groups in total. The van der Waals surface area contributed by atoms with Crippen molar-refractivity contribution in [1.29, 1.82) is 0 Å². The summed E-state index contributed by atoms with van der Waals surface area (Å²) in [5, 5.41) is 34.8. The van der Waals surface area contributed by atoms with Gasteiger partial charge in [-0.1, -0.05) is 26.8 Å². The molecule has 4 aliphatic carbocycles. The maximum atomic E-state index is 11.8. The monoisotopic (exact) mass is 527 g/mol. The van der Waals surface area contributed by atoms with Crippen molar-refractivity contribution in [3.63, 3.8) is 0 Å². The highest BCUT2D eigenvalue weighted by Gasteiger charge is 2.65. The van der Waals surface area contributed by atoms with Crippen LogP contribution in [0, 0.1) is 46.3 Å². The van der Waals surface area contributed by atoms with Crippen molar-refractivity contribution < 1.29 is 20.1 Å². The van der Waals surface area contributed by atoms with E-state index in [-0.39, 0.29) is 35.1 Å². The Balaban J connectivity index is 1.20. The van der Waals surface area contributed by atoms with Crippen LogP contribution in [0.3, 0.4) is 0 Å². The van der Waals surface area contributed by atoms with Crippen LogP contribution >= 0.6 is 11.3 Å². The summed E-state index contributed by atoms with van der Waals surface area (Å²) in [7, 11) is 1.72. The van der Waals surface area contributed by atoms with E-state index in [2.05, 4.69) is 26.8 Å². The predicted octanol–water partition coefficient (Wildman–Crippen LogP) is 5.84. The van der Waals surface area contributed by atoms with Crippen LogP contribution < -0.4 is 4.74 Å². The van der Waals surface area contributed by atoms with Gasteiger partial charge in [-0.2, -0.15) is 0 Å². The molecule has 4 fully saturated rings.